The van der Waals surface area contributed by atoms with E-state index in [0.717, 1.165) is 5.69 Å². The van der Waals surface area contributed by atoms with Crippen LogP contribution in [0.4, 0.5) is 5.69 Å². The third kappa shape index (κ3) is 2.86. The first-order chi connectivity index (χ1) is 5.83. The molecule has 4 heteroatoms. The summed E-state index contributed by atoms with van der Waals surface area (Å²) < 4.78 is 0. The molecule has 0 fully saturated rings. The number of hydrogen-bond acceptors (Lipinski definition) is 4. The maximum absolute atomic E-state index is 9.12. The van der Waals surface area contributed by atoms with Crippen LogP contribution in [0.2, 0.25) is 0 Å². The molecule has 66 valence electrons. The summed E-state index contributed by atoms with van der Waals surface area (Å²) in [5.41, 5.74) is 6.18. The Balaban J connectivity index is 2.33. The van der Waals surface area contributed by atoms with Crippen molar-refractivity contribution in [1.29, 1.82) is 0 Å². The van der Waals surface area contributed by atoms with E-state index >= 15 is 0 Å². The molecule has 4 N–H and O–H groups in total. The van der Waals surface area contributed by atoms with E-state index in [4.69, 9.17) is 10.8 Å². The normalized spacial score (nSPS) is 12.5. The fourth-order valence-corrected chi connectivity index (χ4v) is 0.789. The van der Waals surface area contributed by atoms with Crippen molar-refractivity contribution in [3.8, 4) is 0 Å². The lowest BCUT2D eigenvalue weighted by Crippen LogP contribution is -2.27. The largest absolute Gasteiger partial charge is 0.390 e. The molecule has 1 atom stereocenters. The third-order valence-corrected chi connectivity index (χ3v) is 1.49. The zero-order chi connectivity index (χ0) is 8.81. The van der Waals surface area contributed by atoms with Crippen LogP contribution in [0.3, 0.4) is 0 Å². The minimum absolute atomic E-state index is 0.276. The number of aromatic nitrogens is 1. The second-order valence-corrected chi connectivity index (χ2v) is 2.51. The highest BCUT2D eigenvalue weighted by Crippen LogP contribution is 2.02. The number of hydrogen-bond donors (Lipinski definition) is 3. The SMILES string of the molecule is NCC(O)CNc1ccncc1. The summed E-state index contributed by atoms with van der Waals surface area (Å²) in [5, 5.41) is 12.1. The van der Waals surface area contributed by atoms with Gasteiger partial charge in [-0.15, -0.1) is 0 Å². The molecule has 1 aromatic rings. The van der Waals surface area contributed by atoms with Crippen molar-refractivity contribution < 1.29 is 5.11 Å². The molecular formula is C8H13N3O. The number of nitrogens with two attached hydrogens (primary N) is 1. The molecule has 1 unspecified atom stereocenters. The van der Waals surface area contributed by atoms with Gasteiger partial charge >= 0.3 is 0 Å². The molecule has 0 aromatic carbocycles. The molecule has 4 nitrogen and oxygen atoms in total. The average molecular weight is 167 g/mol. The third-order valence-electron chi connectivity index (χ3n) is 1.49. The van der Waals surface area contributed by atoms with Crippen LogP contribution in [-0.2, 0) is 0 Å². The van der Waals surface area contributed by atoms with Gasteiger partial charge in [-0.05, 0) is 12.1 Å². The van der Waals surface area contributed by atoms with Crippen LogP contribution in [0.1, 0.15) is 0 Å². The smallest absolute Gasteiger partial charge is 0.0834 e. The molecule has 1 aromatic heterocycles. The van der Waals surface area contributed by atoms with Crippen LogP contribution < -0.4 is 11.1 Å². The monoisotopic (exact) mass is 167 g/mol. The first kappa shape index (κ1) is 8.96. The fraction of sp³-hybridized carbons (Fsp3) is 0.375. The molecule has 0 saturated carbocycles. The van der Waals surface area contributed by atoms with E-state index < -0.39 is 6.10 Å². The molecular weight excluding hydrogens is 154 g/mol. The molecule has 0 aliphatic heterocycles. The van der Waals surface area contributed by atoms with Crippen LogP contribution in [0, 0.1) is 0 Å². The highest BCUT2D eigenvalue weighted by Gasteiger charge is 1.98. The van der Waals surface area contributed by atoms with E-state index in [9.17, 15) is 0 Å². The van der Waals surface area contributed by atoms with Crippen molar-refractivity contribution in [3.05, 3.63) is 24.5 Å². The van der Waals surface area contributed by atoms with Crippen molar-refractivity contribution in [2.45, 2.75) is 6.10 Å². The van der Waals surface area contributed by atoms with Crippen LogP contribution in [0.5, 0.6) is 0 Å². The maximum atomic E-state index is 9.12. The van der Waals surface area contributed by atoms with Crippen LogP contribution >= 0.6 is 0 Å². The lowest BCUT2D eigenvalue weighted by Gasteiger charge is -2.09. The summed E-state index contributed by atoms with van der Waals surface area (Å²) in [7, 11) is 0. The van der Waals surface area contributed by atoms with Crippen molar-refractivity contribution in [2.24, 2.45) is 5.73 Å². The quantitative estimate of drug-likeness (QED) is 0.581. The maximum Gasteiger partial charge on any atom is 0.0834 e. The molecule has 0 saturated heterocycles. The Labute approximate surface area is 71.4 Å². The van der Waals surface area contributed by atoms with Gasteiger partial charge in [-0.2, -0.15) is 0 Å². The van der Waals surface area contributed by atoms with Gasteiger partial charge in [0.2, 0.25) is 0 Å². The molecule has 0 radical (unpaired) electrons. The van der Waals surface area contributed by atoms with Gasteiger partial charge in [-0.1, -0.05) is 0 Å². The van der Waals surface area contributed by atoms with Crippen molar-refractivity contribution in [2.75, 3.05) is 18.4 Å². The summed E-state index contributed by atoms with van der Waals surface area (Å²) >= 11 is 0. The summed E-state index contributed by atoms with van der Waals surface area (Å²) in [6.07, 6.45) is 2.90. The number of pyridine rings is 1. The minimum Gasteiger partial charge on any atom is -0.390 e. The van der Waals surface area contributed by atoms with Crippen LogP contribution in [0.25, 0.3) is 0 Å². The fourth-order valence-electron chi connectivity index (χ4n) is 0.789. The first-order valence-corrected chi connectivity index (χ1v) is 3.85. The minimum atomic E-state index is -0.488. The summed E-state index contributed by atoms with van der Waals surface area (Å²) in [5.74, 6) is 0. The van der Waals surface area contributed by atoms with E-state index in [1.165, 1.54) is 0 Å². The Morgan fingerprint density at radius 1 is 1.50 bits per heavy atom. The Morgan fingerprint density at radius 3 is 2.75 bits per heavy atom. The van der Waals surface area contributed by atoms with Crippen LogP contribution in [-0.4, -0.2) is 29.3 Å². The molecule has 1 heterocycles. The lowest BCUT2D eigenvalue weighted by atomic mass is 10.3. The summed E-state index contributed by atoms with van der Waals surface area (Å²) in [6, 6.07) is 3.67. The number of aliphatic hydroxyl groups is 1. The Kier molecular flexibility index (Phi) is 3.50. The Bertz CT molecular complexity index is 215. The van der Waals surface area contributed by atoms with Gasteiger partial charge in [0.15, 0.2) is 0 Å². The van der Waals surface area contributed by atoms with Crippen LogP contribution in [0.15, 0.2) is 24.5 Å². The van der Waals surface area contributed by atoms with Gasteiger partial charge in [0.05, 0.1) is 6.10 Å². The van der Waals surface area contributed by atoms with Gasteiger partial charge in [0, 0.05) is 31.2 Å². The summed E-state index contributed by atoms with van der Waals surface area (Å²) in [4.78, 5) is 3.87. The van der Waals surface area contributed by atoms with Gasteiger partial charge < -0.3 is 16.2 Å². The van der Waals surface area contributed by atoms with Gasteiger partial charge in [-0.25, -0.2) is 0 Å². The van der Waals surface area contributed by atoms with E-state index in [0.29, 0.717) is 6.54 Å². The van der Waals surface area contributed by atoms with Crippen molar-refractivity contribution >= 4 is 5.69 Å². The van der Waals surface area contributed by atoms with Gasteiger partial charge in [0.25, 0.3) is 0 Å². The standard InChI is InChI=1S/C8H13N3O/c9-5-8(12)6-11-7-1-3-10-4-2-7/h1-4,8,12H,5-6,9H2,(H,10,11). The van der Waals surface area contributed by atoms with Crippen molar-refractivity contribution in [3.63, 3.8) is 0 Å². The van der Waals surface area contributed by atoms with E-state index in [2.05, 4.69) is 10.3 Å². The van der Waals surface area contributed by atoms with Crippen molar-refractivity contribution in [1.82, 2.24) is 4.98 Å². The predicted octanol–water partition coefficient (Wildman–Crippen LogP) is -0.187. The zero-order valence-electron chi connectivity index (χ0n) is 6.77. The Hall–Kier alpha value is -1.13. The molecule has 0 aliphatic rings. The highest BCUT2D eigenvalue weighted by molar-refractivity contribution is 5.40. The van der Waals surface area contributed by atoms with Gasteiger partial charge in [-0.3, -0.25) is 4.98 Å². The summed E-state index contributed by atoms with van der Waals surface area (Å²) in [6.45, 7) is 0.749. The molecule has 0 bridgehead atoms. The second-order valence-electron chi connectivity index (χ2n) is 2.51. The number of nitrogens with zero attached hydrogens (tertiary/aromatic N) is 1. The molecule has 1 rings (SSSR count). The zero-order valence-corrected chi connectivity index (χ0v) is 6.77. The van der Waals surface area contributed by atoms with Gasteiger partial charge in [0.1, 0.15) is 0 Å². The number of rotatable bonds is 4. The molecule has 12 heavy (non-hydrogen) atoms. The second kappa shape index (κ2) is 4.69. The Morgan fingerprint density at radius 2 is 2.17 bits per heavy atom. The molecule has 0 spiro atoms. The number of aliphatic hydroxyl groups excluding tert-OH is 1. The molecule has 0 aliphatic carbocycles. The number of nitrogens with one attached hydrogen (secondary N) is 1. The first-order valence-electron chi connectivity index (χ1n) is 3.85. The topological polar surface area (TPSA) is 71.2 Å². The average Bonchev–Trinajstić information content (AvgIpc) is 2.16. The van der Waals surface area contributed by atoms with E-state index in [1.54, 1.807) is 12.4 Å². The predicted molar refractivity (Wildman–Crippen MR) is 47.8 cm³/mol. The van der Waals surface area contributed by atoms with E-state index in [1.807, 2.05) is 12.1 Å². The van der Waals surface area contributed by atoms with E-state index in [-0.39, 0.29) is 6.54 Å². The number of anilines is 1. The highest BCUT2D eigenvalue weighted by atomic mass is 16.3. The molecule has 0 amide bonds. The lowest BCUT2D eigenvalue weighted by molar-refractivity contribution is 0.196.